The van der Waals surface area contributed by atoms with Crippen LogP contribution in [0.1, 0.15) is 12.5 Å². The smallest absolute Gasteiger partial charge is 0.327 e. The molecule has 0 saturated heterocycles. The number of carboxylic acids is 1. The van der Waals surface area contributed by atoms with Gasteiger partial charge in [-0.1, -0.05) is 18.2 Å². The molecule has 3 amide bonds. The van der Waals surface area contributed by atoms with Gasteiger partial charge in [0, 0.05) is 18.7 Å². The normalized spacial score (nSPS) is 16.2. The predicted octanol–water partition coefficient (Wildman–Crippen LogP) is 0.348. The van der Waals surface area contributed by atoms with Crippen molar-refractivity contribution in [1.29, 1.82) is 0 Å². The molecule has 1 aliphatic rings. The second-order valence-corrected chi connectivity index (χ2v) is 4.67. The van der Waals surface area contributed by atoms with E-state index in [0.29, 0.717) is 12.2 Å². The molecule has 0 radical (unpaired) electrons. The second-order valence-electron chi connectivity index (χ2n) is 4.67. The number of anilines is 1. The van der Waals surface area contributed by atoms with E-state index in [9.17, 15) is 19.5 Å². The van der Waals surface area contributed by atoms with E-state index in [0.717, 1.165) is 5.56 Å². The molecule has 112 valence electrons. The van der Waals surface area contributed by atoms with Gasteiger partial charge in [-0.3, -0.25) is 9.69 Å². The molecule has 21 heavy (non-hydrogen) atoms. The molecule has 1 atom stereocenters. The number of hydrogen-bond donors (Lipinski definition) is 3. The van der Waals surface area contributed by atoms with Crippen molar-refractivity contribution in [3.8, 4) is 0 Å². The summed E-state index contributed by atoms with van der Waals surface area (Å²) in [6.07, 6.45) is 0.264. The van der Waals surface area contributed by atoms with Crippen molar-refractivity contribution >= 4 is 23.6 Å². The van der Waals surface area contributed by atoms with Crippen molar-refractivity contribution in [2.24, 2.45) is 0 Å². The zero-order valence-corrected chi connectivity index (χ0v) is 11.6. The highest BCUT2D eigenvalue weighted by molar-refractivity contribution is 6.02. The molecule has 3 N–H and O–H groups in total. The van der Waals surface area contributed by atoms with Gasteiger partial charge in [0.05, 0.1) is 6.54 Å². The maximum absolute atomic E-state index is 12.2. The van der Waals surface area contributed by atoms with Crippen molar-refractivity contribution in [3.63, 3.8) is 0 Å². The van der Waals surface area contributed by atoms with E-state index in [1.165, 1.54) is 4.90 Å². The highest BCUT2D eigenvalue weighted by atomic mass is 16.4. The first kappa shape index (κ1) is 14.8. The van der Waals surface area contributed by atoms with Gasteiger partial charge < -0.3 is 15.7 Å². The summed E-state index contributed by atoms with van der Waals surface area (Å²) in [5.41, 5.74) is 1.37. The van der Waals surface area contributed by atoms with E-state index in [4.69, 9.17) is 0 Å². The zero-order valence-electron chi connectivity index (χ0n) is 11.6. The van der Waals surface area contributed by atoms with Crippen molar-refractivity contribution in [1.82, 2.24) is 10.6 Å². The van der Waals surface area contributed by atoms with E-state index in [1.807, 2.05) is 0 Å². The van der Waals surface area contributed by atoms with Gasteiger partial charge in [0.15, 0.2) is 0 Å². The SMILES string of the molecule is CCNC(=O)CNC(=O)N1c2ccccc2C[C@H]1C(=O)O. The van der Waals surface area contributed by atoms with Crippen molar-refractivity contribution in [2.45, 2.75) is 19.4 Å². The maximum atomic E-state index is 12.2. The predicted molar refractivity (Wildman–Crippen MR) is 76.1 cm³/mol. The Kier molecular flexibility index (Phi) is 4.42. The number of aliphatic carboxylic acids is 1. The Morgan fingerprint density at radius 2 is 2.00 bits per heavy atom. The third-order valence-corrected chi connectivity index (χ3v) is 3.25. The lowest BCUT2D eigenvalue weighted by molar-refractivity contribution is -0.138. The quantitative estimate of drug-likeness (QED) is 0.745. The lowest BCUT2D eigenvalue weighted by Crippen LogP contribution is -2.50. The van der Waals surface area contributed by atoms with Crippen LogP contribution in [0.4, 0.5) is 10.5 Å². The summed E-state index contributed by atoms with van der Waals surface area (Å²) in [5, 5.41) is 14.3. The minimum atomic E-state index is -1.07. The molecule has 1 heterocycles. The number of hydrogen-bond acceptors (Lipinski definition) is 3. The number of rotatable bonds is 4. The summed E-state index contributed by atoms with van der Waals surface area (Å²) in [6, 6.07) is 5.50. The lowest BCUT2D eigenvalue weighted by Gasteiger charge is -2.22. The summed E-state index contributed by atoms with van der Waals surface area (Å²) < 4.78 is 0. The summed E-state index contributed by atoms with van der Waals surface area (Å²) in [5.74, 6) is -1.38. The van der Waals surface area contributed by atoms with Gasteiger partial charge in [0.2, 0.25) is 5.91 Å². The molecule has 7 heteroatoms. The number of benzene rings is 1. The third kappa shape index (κ3) is 3.13. The minimum absolute atomic E-state index is 0.183. The Hall–Kier alpha value is -2.57. The summed E-state index contributed by atoms with van der Waals surface area (Å²) >= 11 is 0. The molecule has 0 unspecified atom stereocenters. The Morgan fingerprint density at radius 3 is 2.67 bits per heavy atom. The molecule has 0 spiro atoms. The van der Waals surface area contributed by atoms with E-state index in [1.54, 1.807) is 31.2 Å². The molecule has 0 aliphatic carbocycles. The number of fused-ring (bicyclic) bond motifs is 1. The second kappa shape index (κ2) is 6.25. The van der Waals surface area contributed by atoms with Crippen LogP contribution in [0.25, 0.3) is 0 Å². The van der Waals surface area contributed by atoms with Gasteiger partial charge in [-0.25, -0.2) is 9.59 Å². The number of carboxylic acid groups (broad SMARTS) is 1. The number of carbonyl (C=O) groups is 3. The minimum Gasteiger partial charge on any atom is -0.480 e. The van der Waals surface area contributed by atoms with Crippen molar-refractivity contribution < 1.29 is 19.5 Å². The van der Waals surface area contributed by atoms with Crippen molar-refractivity contribution in [2.75, 3.05) is 18.0 Å². The molecule has 1 aromatic rings. The van der Waals surface area contributed by atoms with Gasteiger partial charge >= 0.3 is 12.0 Å². The first-order chi connectivity index (χ1) is 10.0. The molecule has 0 saturated carbocycles. The van der Waals surface area contributed by atoms with Gasteiger partial charge in [-0.05, 0) is 18.6 Å². The standard InChI is InChI=1S/C14H17N3O4/c1-2-15-12(18)8-16-14(21)17-10-6-4-3-5-9(10)7-11(17)13(19)20/h3-6,11H,2,7-8H2,1H3,(H,15,18)(H,16,21)(H,19,20)/t11-/m0/s1. The highest BCUT2D eigenvalue weighted by Crippen LogP contribution is 2.31. The van der Waals surface area contributed by atoms with Crippen LogP contribution >= 0.6 is 0 Å². The molecule has 0 bridgehead atoms. The van der Waals surface area contributed by atoms with Crippen LogP contribution in [-0.2, 0) is 16.0 Å². The van der Waals surface area contributed by atoms with Crippen LogP contribution in [0.2, 0.25) is 0 Å². The monoisotopic (exact) mass is 291 g/mol. The number of carbonyl (C=O) groups excluding carboxylic acids is 2. The van der Waals surface area contributed by atoms with Gasteiger partial charge in [-0.2, -0.15) is 0 Å². The molecule has 7 nitrogen and oxygen atoms in total. The van der Waals surface area contributed by atoms with Gasteiger partial charge in [-0.15, -0.1) is 0 Å². The lowest BCUT2D eigenvalue weighted by atomic mass is 10.1. The molecular weight excluding hydrogens is 274 g/mol. The molecule has 0 fully saturated rings. The average Bonchev–Trinajstić information content (AvgIpc) is 2.85. The number of urea groups is 1. The topological polar surface area (TPSA) is 98.7 Å². The number of para-hydroxylation sites is 1. The van der Waals surface area contributed by atoms with E-state index in [2.05, 4.69) is 10.6 Å². The Bertz CT molecular complexity index is 573. The Morgan fingerprint density at radius 1 is 1.29 bits per heavy atom. The number of nitrogens with zero attached hydrogens (tertiary/aromatic N) is 1. The molecule has 1 aliphatic heterocycles. The molecule has 0 aromatic heterocycles. The van der Waals surface area contributed by atoms with E-state index < -0.39 is 18.0 Å². The fourth-order valence-electron chi connectivity index (χ4n) is 2.34. The fraction of sp³-hybridized carbons (Fsp3) is 0.357. The van der Waals surface area contributed by atoms with Crippen LogP contribution in [0.15, 0.2) is 24.3 Å². The zero-order chi connectivity index (χ0) is 15.4. The maximum Gasteiger partial charge on any atom is 0.327 e. The van der Waals surface area contributed by atoms with Crippen LogP contribution in [0, 0.1) is 0 Å². The number of nitrogens with one attached hydrogen (secondary N) is 2. The summed E-state index contributed by atoms with van der Waals surface area (Å²) in [7, 11) is 0. The first-order valence-electron chi connectivity index (χ1n) is 6.69. The summed E-state index contributed by atoms with van der Waals surface area (Å²) in [6.45, 7) is 2.06. The Labute approximate surface area is 121 Å². The van der Waals surface area contributed by atoms with Gasteiger partial charge in [0.1, 0.15) is 6.04 Å². The van der Waals surface area contributed by atoms with Crippen LogP contribution in [-0.4, -0.2) is 42.1 Å². The van der Waals surface area contributed by atoms with Gasteiger partial charge in [0.25, 0.3) is 0 Å². The first-order valence-corrected chi connectivity index (χ1v) is 6.69. The van der Waals surface area contributed by atoms with E-state index in [-0.39, 0.29) is 18.9 Å². The molecule has 1 aromatic carbocycles. The fourth-order valence-corrected chi connectivity index (χ4v) is 2.34. The molecule has 2 rings (SSSR count). The van der Waals surface area contributed by atoms with E-state index >= 15 is 0 Å². The number of amides is 3. The summed E-state index contributed by atoms with van der Waals surface area (Å²) in [4.78, 5) is 36.1. The van der Waals surface area contributed by atoms with Crippen LogP contribution < -0.4 is 15.5 Å². The van der Waals surface area contributed by atoms with Crippen LogP contribution in [0.5, 0.6) is 0 Å². The third-order valence-electron chi connectivity index (χ3n) is 3.25. The largest absolute Gasteiger partial charge is 0.480 e. The molecular formula is C14H17N3O4. The van der Waals surface area contributed by atoms with Crippen LogP contribution in [0.3, 0.4) is 0 Å². The Balaban J connectivity index is 2.13. The number of likely N-dealkylation sites (N-methyl/N-ethyl adjacent to an activating group) is 1. The highest BCUT2D eigenvalue weighted by Gasteiger charge is 2.38. The average molecular weight is 291 g/mol. The van der Waals surface area contributed by atoms with Crippen molar-refractivity contribution in [3.05, 3.63) is 29.8 Å².